The molecule has 1 aliphatic carbocycles. The fourth-order valence-electron chi connectivity index (χ4n) is 10.5. The first-order chi connectivity index (χ1) is 28.4. The third-order valence-electron chi connectivity index (χ3n) is 13.8. The van der Waals surface area contributed by atoms with Gasteiger partial charge in [-0.3, -0.25) is 9.59 Å². The Morgan fingerprint density at radius 3 is 2.27 bits per heavy atom. The van der Waals surface area contributed by atoms with Crippen LogP contribution in [-0.4, -0.2) is 127 Å². The number of methoxy groups -OCH3 is 3. The lowest BCUT2D eigenvalue weighted by Gasteiger charge is -2.50. The molecule has 13 heteroatoms. The first-order valence-electron chi connectivity index (χ1n) is 22.4. The number of amides is 1. The number of carbonyl (C=O) groups excluding carboxylic acids is 3. The summed E-state index contributed by atoms with van der Waals surface area (Å²) in [5.74, 6) is -5.22. The molecule has 2 bridgehead atoms. The van der Waals surface area contributed by atoms with E-state index in [1.807, 2.05) is 32.9 Å². The van der Waals surface area contributed by atoms with E-state index in [0.717, 1.165) is 11.1 Å². The minimum atomic E-state index is -1.51. The first kappa shape index (κ1) is 48.5. The van der Waals surface area contributed by atoms with Gasteiger partial charge in [-0.05, 0) is 109 Å². The number of ketones is 1. The molecule has 2 N–H and O–H groups in total. The van der Waals surface area contributed by atoms with E-state index in [1.165, 1.54) is 0 Å². The van der Waals surface area contributed by atoms with E-state index in [4.69, 9.17) is 33.2 Å². The molecule has 3 saturated heterocycles. The normalized spacial score (nSPS) is 42.5. The van der Waals surface area contributed by atoms with E-state index in [9.17, 15) is 19.8 Å². The molecule has 60 heavy (non-hydrogen) atoms. The maximum atomic E-state index is 15.1. The molecule has 1 saturated carbocycles. The third kappa shape index (κ3) is 11.0. The maximum Gasteiger partial charge on any atom is 0.329 e. The maximum absolute atomic E-state index is 15.1. The molecule has 4 fully saturated rings. The number of aliphatic hydroxyl groups excluding tert-OH is 2. The minimum absolute atomic E-state index is 0.0316. The Morgan fingerprint density at radius 1 is 0.917 bits per heavy atom. The van der Waals surface area contributed by atoms with Crippen molar-refractivity contribution < 1.29 is 57.8 Å². The fourth-order valence-corrected chi connectivity index (χ4v) is 10.5. The van der Waals surface area contributed by atoms with Crippen LogP contribution in [0.25, 0.3) is 0 Å². The molecule has 0 aromatic heterocycles. The van der Waals surface area contributed by atoms with E-state index >= 15 is 4.79 Å². The summed E-state index contributed by atoms with van der Waals surface area (Å²) in [6.07, 6.45) is 5.86. The average Bonchev–Trinajstić information content (AvgIpc) is 3.49. The van der Waals surface area contributed by atoms with Crippen molar-refractivity contribution in [2.24, 2.45) is 29.6 Å². The van der Waals surface area contributed by atoms with Crippen LogP contribution in [0.15, 0.2) is 36.0 Å². The Morgan fingerprint density at radius 2 is 1.60 bits per heavy atom. The van der Waals surface area contributed by atoms with Gasteiger partial charge in [0.05, 0.1) is 30.5 Å². The Balaban J connectivity index is 1.58. The van der Waals surface area contributed by atoms with E-state index in [-0.39, 0.29) is 42.2 Å². The van der Waals surface area contributed by atoms with Crippen LogP contribution >= 0.6 is 0 Å². The van der Waals surface area contributed by atoms with Gasteiger partial charge in [-0.15, -0.1) is 6.58 Å². The Hall–Kier alpha value is -2.49. The van der Waals surface area contributed by atoms with E-state index in [1.54, 1.807) is 53.1 Å². The van der Waals surface area contributed by atoms with E-state index < -0.39 is 78.0 Å². The van der Waals surface area contributed by atoms with Crippen molar-refractivity contribution in [3.8, 4) is 0 Å². The summed E-state index contributed by atoms with van der Waals surface area (Å²) in [6.45, 7) is 17.6. The quantitative estimate of drug-likeness (QED) is 0.220. The predicted molar refractivity (Wildman–Crippen MR) is 225 cm³/mol. The number of piperidine rings is 1. The molecule has 4 heterocycles. The van der Waals surface area contributed by atoms with Crippen molar-refractivity contribution in [1.29, 1.82) is 0 Å². The Bertz CT molecular complexity index is 1560. The zero-order valence-corrected chi connectivity index (χ0v) is 37.9. The number of ether oxygens (including phenoxy) is 7. The highest BCUT2D eigenvalue weighted by Crippen LogP contribution is 2.50. The minimum Gasteiger partial charge on any atom is -0.456 e. The monoisotopic (exact) mass is 846 g/mol. The highest BCUT2D eigenvalue weighted by atomic mass is 16.8. The van der Waals surface area contributed by atoms with Crippen molar-refractivity contribution in [1.82, 2.24) is 4.90 Å². The molecule has 13 nitrogen and oxygen atoms in total. The summed E-state index contributed by atoms with van der Waals surface area (Å²) in [7, 11) is 4.89. The van der Waals surface area contributed by atoms with Crippen molar-refractivity contribution in [3.05, 3.63) is 36.0 Å². The topological polar surface area (TPSA) is 160 Å². The molecule has 15 atom stereocenters. The second-order valence-corrected chi connectivity index (χ2v) is 19.0. The molecule has 0 aromatic rings. The van der Waals surface area contributed by atoms with Gasteiger partial charge in [-0.25, -0.2) is 4.79 Å². The number of nitrogens with zero attached hydrogens (tertiary/aromatic N) is 1. The van der Waals surface area contributed by atoms with Gasteiger partial charge in [0.25, 0.3) is 5.91 Å². The van der Waals surface area contributed by atoms with Gasteiger partial charge in [0.2, 0.25) is 5.79 Å². The van der Waals surface area contributed by atoms with Gasteiger partial charge in [-0.2, -0.15) is 0 Å². The van der Waals surface area contributed by atoms with Crippen LogP contribution in [0.5, 0.6) is 0 Å². The number of fused-ring (bicyclic) bond motifs is 2. The molecule has 4 aliphatic heterocycles. The van der Waals surface area contributed by atoms with Gasteiger partial charge in [0.15, 0.2) is 11.9 Å². The van der Waals surface area contributed by atoms with Crippen LogP contribution in [0.3, 0.4) is 0 Å². The smallest absolute Gasteiger partial charge is 0.329 e. The molecular weight excluding hydrogens is 771 g/mol. The number of aliphatic hydroxyl groups is 2. The molecule has 0 unspecified atom stereocenters. The largest absolute Gasteiger partial charge is 0.456 e. The van der Waals surface area contributed by atoms with Crippen molar-refractivity contribution in [2.45, 2.75) is 186 Å². The van der Waals surface area contributed by atoms with E-state index in [2.05, 4.69) is 13.5 Å². The first-order valence-corrected chi connectivity index (χ1v) is 22.4. The number of rotatable bonds is 7. The van der Waals surface area contributed by atoms with Crippen molar-refractivity contribution >= 4 is 17.7 Å². The molecule has 5 rings (SSSR count). The highest BCUT2D eigenvalue weighted by molar-refractivity contribution is 5.88. The molecular formula is C47H75NO12. The second-order valence-electron chi connectivity index (χ2n) is 19.0. The molecule has 340 valence electrons. The molecule has 0 aromatic carbocycles. The molecule has 5 aliphatic rings. The standard InChI is InChI=1S/C47H75NO12/c1-12-15-33-21-27(2)20-28(3)22-39(55-10)42-40(56-11)24-30(5)47(58-42)43(59-46(7,8)60-47)44(52)48-19-14-13-16-34(48)45(53)57-41(31(6)36(50)26-37(33)51)29(4)23-32-17-18-35(49)38(25-32)54-9/h12,21,23,28,30-36,38-43,49-50H,1,13-20,22,24-26H2,2-11H3/b27-21+,29-23+/t28-,30+,31+,32-,33+,34-,35+,36-,38+,39-,40-,41+,42+,43-,47+/m0/s1. The fraction of sp³-hybridized carbons (Fsp3) is 0.809. The van der Waals surface area contributed by atoms with Crippen molar-refractivity contribution in [2.75, 3.05) is 27.9 Å². The summed E-state index contributed by atoms with van der Waals surface area (Å²) < 4.78 is 44.5. The van der Waals surface area contributed by atoms with Crippen LogP contribution in [0.2, 0.25) is 0 Å². The lowest BCUT2D eigenvalue weighted by Crippen LogP contribution is -2.65. The van der Waals surface area contributed by atoms with E-state index in [0.29, 0.717) is 70.8 Å². The van der Waals surface area contributed by atoms with Gasteiger partial charge in [0, 0.05) is 52.0 Å². The molecule has 0 radical (unpaired) electrons. The lowest BCUT2D eigenvalue weighted by molar-refractivity contribution is -0.342. The SMILES string of the molecule is C=CC[C@@H]1/C=C(\C)C[C@H](C)C[C@H](OC)[C@H]2O[C@@]3(OC(C)(C)O[C@H]3C(=O)N3CCCC[C@H]3C(=O)O[C@H](/C(C)=C/[C@@H]3CC[C@@H](O)[C@H](OC)C3)[C@H](C)[C@@H](O)CC1=O)[C@H](C)C[C@@H]2OC. The van der Waals surface area contributed by atoms with Crippen LogP contribution in [-0.2, 0) is 47.5 Å². The number of cyclic esters (lactones) is 1. The number of hydrogen-bond acceptors (Lipinski definition) is 12. The van der Waals surface area contributed by atoms with Crippen LogP contribution in [0, 0.1) is 29.6 Å². The second kappa shape index (κ2) is 20.8. The van der Waals surface area contributed by atoms with Gasteiger partial charge >= 0.3 is 5.97 Å². The number of Topliss-reactive ketones (excluding diaryl/α,β-unsaturated/α-hetero) is 1. The number of esters is 1. The van der Waals surface area contributed by atoms with Crippen LogP contribution in [0.4, 0.5) is 0 Å². The Kier molecular flexibility index (Phi) is 16.8. The number of hydrogen-bond donors (Lipinski definition) is 2. The zero-order valence-electron chi connectivity index (χ0n) is 37.9. The predicted octanol–water partition coefficient (Wildman–Crippen LogP) is 6.23. The van der Waals surface area contributed by atoms with Gasteiger partial charge in [-0.1, -0.05) is 44.6 Å². The number of allylic oxidation sites excluding steroid dienone is 4. The summed E-state index contributed by atoms with van der Waals surface area (Å²) in [6, 6.07) is -0.937. The summed E-state index contributed by atoms with van der Waals surface area (Å²) >= 11 is 0. The molecule has 1 amide bonds. The summed E-state index contributed by atoms with van der Waals surface area (Å²) in [5.41, 5.74) is 1.75. The van der Waals surface area contributed by atoms with Crippen LogP contribution < -0.4 is 0 Å². The Labute approximate surface area is 358 Å². The van der Waals surface area contributed by atoms with Gasteiger partial charge in [0.1, 0.15) is 24.0 Å². The summed E-state index contributed by atoms with van der Waals surface area (Å²) in [5, 5.41) is 22.3. The third-order valence-corrected chi connectivity index (χ3v) is 13.8. The molecule has 1 spiro atoms. The zero-order chi connectivity index (χ0) is 44.1. The average molecular weight is 846 g/mol. The van der Waals surface area contributed by atoms with Gasteiger partial charge < -0.3 is 48.3 Å². The highest BCUT2D eigenvalue weighted by Gasteiger charge is 2.66. The van der Waals surface area contributed by atoms with Crippen LogP contribution in [0.1, 0.15) is 119 Å². The lowest BCUT2D eigenvalue weighted by atomic mass is 9.81. The summed E-state index contributed by atoms with van der Waals surface area (Å²) in [4.78, 5) is 45.3. The van der Waals surface area contributed by atoms with Crippen molar-refractivity contribution in [3.63, 3.8) is 0 Å². The number of carbonyl (C=O) groups is 3.